The summed E-state index contributed by atoms with van der Waals surface area (Å²) < 4.78 is 5.18. The molecule has 4 heteroatoms. The molecule has 0 fully saturated rings. The van der Waals surface area contributed by atoms with Gasteiger partial charge in [0.2, 0.25) is 0 Å². The number of hydrogen-bond donors (Lipinski definition) is 1. The number of hydrogen-bond acceptors (Lipinski definition) is 4. The molecule has 0 aliphatic carbocycles. The second-order valence-electron chi connectivity index (χ2n) is 4.72. The molecule has 2 N–H and O–H groups in total. The first-order valence-corrected chi connectivity index (χ1v) is 6.76. The van der Waals surface area contributed by atoms with Crippen molar-refractivity contribution in [2.45, 2.75) is 20.0 Å². The lowest BCUT2D eigenvalue weighted by molar-refractivity contribution is 0.271. The first-order valence-electron chi connectivity index (χ1n) is 6.76. The van der Waals surface area contributed by atoms with Crippen LogP contribution in [-0.2, 0) is 13.1 Å². The molecule has 0 saturated heterocycles. The molecule has 1 heterocycles. The van der Waals surface area contributed by atoms with E-state index in [0.29, 0.717) is 0 Å². The van der Waals surface area contributed by atoms with E-state index in [0.717, 1.165) is 36.6 Å². The number of methoxy groups -OCH3 is 1. The quantitative estimate of drug-likeness (QED) is 0.821. The Kier molecular flexibility index (Phi) is 4.96. The minimum atomic E-state index is 0.775. The summed E-state index contributed by atoms with van der Waals surface area (Å²) in [6, 6.07) is 9.94. The van der Waals surface area contributed by atoms with Crippen LogP contribution in [0.25, 0.3) is 0 Å². The summed E-state index contributed by atoms with van der Waals surface area (Å²) in [5.74, 6) is 0.795. The van der Waals surface area contributed by atoms with Gasteiger partial charge in [-0.1, -0.05) is 13.0 Å². The van der Waals surface area contributed by atoms with E-state index in [9.17, 15) is 0 Å². The molecule has 2 rings (SSSR count). The summed E-state index contributed by atoms with van der Waals surface area (Å²) in [5, 5.41) is 0. The summed E-state index contributed by atoms with van der Waals surface area (Å²) in [7, 11) is 1.65. The topological polar surface area (TPSA) is 51.4 Å². The molecule has 106 valence electrons. The van der Waals surface area contributed by atoms with Gasteiger partial charge in [-0.25, -0.2) is 0 Å². The third kappa shape index (κ3) is 3.71. The number of ether oxygens (including phenoxy) is 1. The molecule has 0 saturated carbocycles. The van der Waals surface area contributed by atoms with Crippen LogP contribution >= 0.6 is 0 Å². The minimum Gasteiger partial charge on any atom is -0.497 e. The van der Waals surface area contributed by atoms with E-state index >= 15 is 0 Å². The van der Waals surface area contributed by atoms with Crippen molar-refractivity contribution >= 4 is 5.69 Å². The third-order valence-electron chi connectivity index (χ3n) is 3.35. The molecule has 4 nitrogen and oxygen atoms in total. The van der Waals surface area contributed by atoms with Gasteiger partial charge in [0, 0.05) is 37.2 Å². The second-order valence-corrected chi connectivity index (χ2v) is 4.72. The van der Waals surface area contributed by atoms with Crippen molar-refractivity contribution in [3.63, 3.8) is 0 Å². The normalized spacial score (nSPS) is 10.8. The molecule has 0 atom stereocenters. The van der Waals surface area contributed by atoms with Crippen molar-refractivity contribution in [3.05, 3.63) is 53.9 Å². The van der Waals surface area contributed by atoms with E-state index in [1.165, 1.54) is 5.56 Å². The number of nitrogens with two attached hydrogens (primary N) is 1. The highest BCUT2D eigenvalue weighted by atomic mass is 16.5. The number of rotatable bonds is 6. The van der Waals surface area contributed by atoms with Gasteiger partial charge in [0.15, 0.2) is 0 Å². The zero-order valence-electron chi connectivity index (χ0n) is 12.0. The maximum atomic E-state index is 6.08. The van der Waals surface area contributed by atoms with Gasteiger partial charge in [-0.3, -0.25) is 9.88 Å². The van der Waals surface area contributed by atoms with Crippen molar-refractivity contribution in [3.8, 4) is 5.75 Å². The Morgan fingerprint density at radius 1 is 1.15 bits per heavy atom. The van der Waals surface area contributed by atoms with Gasteiger partial charge < -0.3 is 10.5 Å². The molecule has 0 radical (unpaired) electrons. The Balaban J connectivity index is 2.06. The average Bonchev–Trinajstić information content (AvgIpc) is 2.49. The van der Waals surface area contributed by atoms with Crippen molar-refractivity contribution in [1.82, 2.24) is 9.88 Å². The lowest BCUT2D eigenvalue weighted by Crippen LogP contribution is -2.22. The number of nitrogens with zero attached hydrogens (tertiary/aromatic N) is 2. The zero-order valence-corrected chi connectivity index (χ0v) is 12.0. The lowest BCUT2D eigenvalue weighted by Gasteiger charge is -2.21. The molecule has 1 aromatic carbocycles. The molecule has 0 spiro atoms. The fraction of sp³-hybridized carbons (Fsp3) is 0.312. The van der Waals surface area contributed by atoms with Gasteiger partial charge >= 0.3 is 0 Å². The van der Waals surface area contributed by atoms with Crippen LogP contribution < -0.4 is 10.5 Å². The summed E-state index contributed by atoms with van der Waals surface area (Å²) in [4.78, 5) is 6.38. The van der Waals surface area contributed by atoms with Crippen LogP contribution in [0.2, 0.25) is 0 Å². The fourth-order valence-electron chi connectivity index (χ4n) is 2.11. The second kappa shape index (κ2) is 6.91. The molecule has 0 aliphatic rings. The van der Waals surface area contributed by atoms with E-state index < -0.39 is 0 Å². The van der Waals surface area contributed by atoms with E-state index in [1.807, 2.05) is 42.7 Å². The Morgan fingerprint density at radius 2 is 1.90 bits per heavy atom. The van der Waals surface area contributed by atoms with E-state index in [4.69, 9.17) is 10.5 Å². The Labute approximate surface area is 120 Å². The van der Waals surface area contributed by atoms with Gasteiger partial charge in [-0.15, -0.1) is 0 Å². The molecule has 2 aromatic rings. The largest absolute Gasteiger partial charge is 0.497 e. The van der Waals surface area contributed by atoms with Crippen molar-refractivity contribution < 1.29 is 4.74 Å². The first-order chi connectivity index (χ1) is 9.72. The summed E-state index contributed by atoms with van der Waals surface area (Å²) in [6.45, 7) is 4.84. The molecule has 0 amide bonds. The Hall–Kier alpha value is -2.07. The molecular formula is C16H21N3O. The number of anilines is 1. The monoisotopic (exact) mass is 271 g/mol. The van der Waals surface area contributed by atoms with Gasteiger partial charge in [-0.2, -0.15) is 0 Å². The smallest absolute Gasteiger partial charge is 0.120 e. The summed E-state index contributed by atoms with van der Waals surface area (Å²) in [6.07, 6.45) is 3.65. The van der Waals surface area contributed by atoms with Crippen molar-refractivity contribution in [2.75, 3.05) is 19.4 Å². The standard InChI is InChI=1S/C16H21N3O/c1-3-19(11-13-6-8-18-9-7-13)12-14-4-5-15(20-2)10-16(14)17/h4-10H,3,11-12,17H2,1-2H3. The molecular weight excluding hydrogens is 250 g/mol. The van der Waals surface area contributed by atoms with Gasteiger partial charge in [0.1, 0.15) is 5.75 Å². The van der Waals surface area contributed by atoms with Crippen LogP contribution in [0.4, 0.5) is 5.69 Å². The van der Waals surface area contributed by atoms with Crippen LogP contribution in [-0.4, -0.2) is 23.5 Å². The van der Waals surface area contributed by atoms with Gasteiger partial charge in [-0.05, 0) is 35.9 Å². The van der Waals surface area contributed by atoms with E-state index in [-0.39, 0.29) is 0 Å². The highest BCUT2D eigenvalue weighted by Gasteiger charge is 2.08. The number of benzene rings is 1. The predicted molar refractivity (Wildman–Crippen MR) is 81.4 cm³/mol. The Bertz CT molecular complexity index is 543. The zero-order chi connectivity index (χ0) is 14.4. The lowest BCUT2D eigenvalue weighted by atomic mass is 10.1. The Morgan fingerprint density at radius 3 is 2.50 bits per heavy atom. The molecule has 0 unspecified atom stereocenters. The van der Waals surface area contributed by atoms with E-state index in [2.05, 4.69) is 16.8 Å². The number of aromatic nitrogens is 1. The van der Waals surface area contributed by atoms with Crippen LogP contribution in [0, 0.1) is 0 Å². The molecule has 0 aliphatic heterocycles. The van der Waals surface area contributed by atoms with Crippen LogP contribution in [0.1, 0.15) is 18.1 Å². The maximum absolute atomic E-state index is 6.08. The SMILES string of the molecule is CCN(Cc1ccncc1)Cc1ccc(OC)cc1N. The maximum Gasteiger partial charge on any atom is 0.120 e. The molecule has 1 aromatic heterocycles. The highest BCUT2D eigenvalue weighted by Crippen LogP contribution is 2.21. The number of pyridine rings is 1. The van der Waals surface area contributed by atoms with Crippen LogP contribution in [0.3, 0.4) is 0 Å². The summed E-state index contributed by atoms with van der Waals surface area (Å²) >= 11 is 0. The van der Waals surface area contributed by atoms with Crippen LogP contribution in [0.5, 0.6) is 5.75 Å². The first kappa shape index (κ1) is 14.3. The third-order valence-corrected chi connectivity index (χ3v) is 3.35. The van der Waals surface area contributed by atoms with Gasteiger partial charge in [0.25, 0.3) is 0 Å². The van der Waals surface area contributed by atoms with Gasteiger partial charge in [0.05, 0.1) is 7.11 Å². The highest BCUT2D eigenvalue weighted by molar-refractivity contribution is 5.51. The fourth-order valence-corrected chi connectivity index (χ4v) is 2.11. The average molecular weight is 271 g/mol. The predicted octanol–water partition coefficient (Wildman–Crippen LogP) is 2.69. The molecule has 0 bridgehead atoms. The van der Waals surface area contributed by atoms with Crippen molar-refractivity contribution in [2.24, 2.45) is 0 Å². The summed E-state index contributed by atoms with van der Waals surface area (Å²) in [5.41, 5.74) is 9.24. The minimum absolute atomic E-state index is 0.775. The van der Waals surface area contributed by atoms with Crippen LogP contribution in [0.15, 0.2) is 42.7 Å². The molecule has 20 heavy (non-hydrogen) atoms. The van der Waals surface area contributed by atoms with E-state index in [1.54, 1.807) is 7.11 Å². The van der Waals surface area contributed by atoms with Crippen molar-refractivity contribution in [1.29, 1.82) is 0 Å². The number of nitrogen functional groups attached to an aromatic ring is 1.